The van der Waals surface area contributed by atoms with Gasteiger partial charge in [0.15, 0.2) is 0 Å². The van der Waals surface area contributed by atoms with E-state index in [-0.39, 0.29) is 5.82 Å². The number of piperidine rings is 1. The van der Waals surface area contributed by atoms with Crippen molar-refractivity contribution in [3.8, 4) is 0 Å². The molecule has 1 aliphatic heterocycles. The van der Waals surface area contributed by atoms with Gasteiger partial charge in [0.25, 0.3) is 0 Å². The molecule has 0 amide bonds. The van der Waals surface area contributed by atoms with Gasteiger partial charge in [0.05, 0.1) is 0 Å². The van der Waals surface area contributed by atoms with Crippen LogP contribution >= 0.6 is 0 Å². The van der Waals surface area contributed by atoms with Crippen LogP contribution in [0.4, 0.5) is 10.3 Å². The minimum Gasteiger partial charge on any atom is -0.339 e. The van der Waals surface area contributed by atoms with E-state index in [0.717, 1.165) is 31.9 Å². The van der Waals surface area contributed by atoms with Crippen LogP contribution in [0.25, 0.3) is 0 Å². The van der Waals surface area contributed by atoms with Crippen molar-refractivity contribution in [3.63, 3.8) is 0 Å². The van der Waals surface area contributed by atoms with Gasteiger partial charge in [-0.15, -0.1) is 0 Å². The predicted molar refractivity (Wildman–Crippen MR) is 80.5 cm³/mol. The lowest BCUT2D eigenvalue weighted by atomic mass is 10.1. The molecule has 1 unspecified atom stereocenters. The third-order valence-electron chi connectivity index (χ3n) is 3.80. The molecular weight excluding hydrogens is 267 g/mol. The van der Waals surface area contributed by atoms with E-state index >= 15 is 0 Å². The molecule has 0 aliphatic carbocycles. The monoisotopic (exact) mass is 286 g/mol. The number of hydrogen-bond acceptors (Lipinski definition) is 4. The summed E-state index contributed by atoms with van der Waals surface area (Å²) in [6.45, 7) is 2.39. The molecule has 1 fully saturated rings. The van der Waals surface area contributed by atoms with Crippen LogP contribution in [0, 0.1) is 5.82 Å². The molecule has 3 rings (SSSR count). The van der Waals surface area contributed by atoms with E-state index in [4.69, 9.17) is 0 Å². The van der Waals surface area contributed by atoms with Crippen LogP contribution in [0.15, 0.2) is 42.7 Å². The molecule has 0 saturated carbocycles. The summed E-state index contributed by atoms with van der Waals surface area (Å²) in [7, 11) is 0. The van der Waals surface area contributed by atoms with Gasteiger partial charge in [-0.3, -0.25) is 0 Å². The maximum absolute atomic E-state index is 13.6. The Morgan fingerprint density at radius 2 is 2.00 bits per heavy atom. The van der Waals surface area contributed by atoms with Crippen molar-refractivity contribution in [3.05, 3.63) is 54.1 Å². The van der Waals surface area contributed by atoms with Gasteiger partial charge < -0.3 is 10.2 Å². The van der Waals surface area contributed by atoms with E-state index < -0.39 is 0 Å². The summed E-state index contributed by atoms with van der Waals surface area (Å²) in [6.07, 6.45) is 5.71. The molecule has 0 spiro atoms. The average molecular weight is 286 g/mol. The van der Waals surface area contributed by atoms with Gasteiger partial charge in [0.2, 0.25) is 5.95 Å². The number of aromatic nitrogens is 2. The average Bonchev–Trinajstić information content (AvgIpc) is 2.55. The van der Waals surface area contributed by atoms with Gasteiger partial charge in [-0.25, -0.2) is 14.4 Å². The van der Waals surface area contributed by atoms with Crippen molar-refractivity contribution < 1.29 is 4.39 Å². The maximum Gasteiger partial charge on any atom is 0.225 e. The molecule has 110 valence electrons. The Labute approximate surface area is 124 Å². The first kappa shape index (κ1) is 13.9. The second-order valence-corrected chi connectivity index (χ2v) is 5.31. The summed E-state index contributed by atoms with van der Waals surface area (Å²) in [4.78, 5) is 10.8. The van der Waals surface area contributed by atoms with Crippen molar-refractivity contribution >= 4 is 5.95 Å². The van der Waals surface area contributed by atoms with Crippen molar-refractivity contribution in [2.45, 2.75) is 25.4 Å². The van der Waals surface area contributed by atoms with E-state index in [1.54, 1.807) is 18.5 Å². The number of rotatable bonds is 4. The highest BCUT2D eigenvalue weighted by Crippen LogP contribution is 2.16. The van der Waals surface area contributed by atoms with Gasteiger partial charge in [0.1, 0.15) is 5.82 Å². The summed E-state index contributed by atoms with van der Waals surface area (Å²) in [5.74, 6) is 0.624. The van der Waals surface area contributed by atoms with Crippen LogP contribution in [0.3, 0.4) is 0 Å². The van der Waals surface area contributed by atoms with E-state index in [0.29, 0.717) is 18.2 Å². The number of benzene rings is 1. The van der Waals surface area contributed by atoms with E-state index in [1.165, 1.54) is 6.07 Å². The Hall–Kier alpha value is -2.01. The van der Waals surface area contributed by atoms with Crippen molar-refractivity contribution in [1.29, 1.82) is 0 Å². The van der Waals surface area contributed by atoms with Gasteiger partial charge >= 0.3 is 0 Å². The molecule has 21 heavy (non-hydrogen) atoms. The number of halogens is 1. The lowest BCUT2D eigenvalue weighted by Crippen LogP contribution is -2.46. The first-order valence-electron chi connectivity index (χ1n) is 7.31. The molecule has 1 aromatic heterocycles. The maximum atomic E-state index is 13.6. The topological polar surface area (TPSA) is 41.0 Å². The van der Waals surface area contributed by atoms with Crippen LogP contribution in [-0.4, -0.2) is 29.1 Å². The fourth-order valence-corrected chi connectivity index (χ4v) is 2.68. The third kappa shape index (κ3) is 3.55. The summed E-state index contributed by atoms with van der Waals surface area (Å²) in [5, 5.41) is 3.44. The second-order valence-electron chi connectivity index (χ2n) is 5.31. The SMILES string of the molecule is Fc1ccccc1CNC1CCCN(c2ncccn2)C1. The van der Waals surface area contributed by atoms with Gasteiger partial charge in [-0.05, 0) is 25.0 Å². The second kappa shape index (κ2) is 6.63. The van der Waals surface area contributed by atoms with Crippen molar-refractivity contribution in [1.82, 2.24) is 15.3 Å². The number of anilines is 1. The van der Waals surface area contributed by atoms with E-state index in [1.807, 2.05) is 18.2 Å². The fourth-order valence-electron chi connectivity index (χ4n) is 2.68. The first-order chi connectivity index (χ1) is 10.3. The molecule has 2 aromatic rings. The molecule has 1 saturated heterocycles. The first-order valence-corrected chi connectivity index (χ1v) is 7.31. The number of nitrogens with zero attached hydrogens (tertiary/aromatic N) is 3. The molecular formula is C16H19FN4. The van der Waals surface area contributed by atoms with E-state index in [2.05, 4.69) is 20.2 Å². The van der Waals surface area contributed by atoms with E-state index in [9.17, 15) is 4.39 Å². The van der Waals surface area contributed by atoms with Crippen LogP contribution in [0.2, 0.25) is 0 Å². The Morgan fingerprint density at radius 3 is 2.81 bits per heavy atom. The minimum absolute atomic E-state index is 0.149. The van der Waals surface area contributed by atoms with Gasteiger partial charge in [-0.2, -0.15) is 0 Å². The summed E-state index contributed by atoms with van der Waals surface area (Å²) >= 11 is 0. The van der Waals surface area contributed by atoms with Crippen molar-refractivity contribution in [2.24, 2.45) is 0 Å². The molecule has 1 aliphatic rings. The Morgan fingerprint density at radius 1 is 1.19 bits per heavy atom. The Balaban J connectivity index is 1.58. The van der Waals surface area contributed by atoms with Crippen LogP contribution < -0.4 is 10.2 Å². The van der Waals surface area contributed by atoms with Crippen LogP contribution in [0.5, 0.6) is 0 Å². The molecule has 2 heterocycles. The lowest BCUT2D eigenvalue weighted by Gasteiger charge is -2.33. The molecule has 0 bridgehead atoms. The lowest BCUT2D eigenvalue weighted by molar-refractivity contribution is 0.414. The van der Waals surface area contributed by atoms with Crippen LogP contribution in [-0.2, 0) is 6.54 Å². The quantitative estimate of drug-likeness (QED) is 0.937. The minimum atomic E-state index is -0.149. The summed E-state index contributed by atoms with van der Waals surface area (Å²) in [5.41, 5.74) is 0.714. The third-order valence-corrected chi connectivity index (χ3v) is 3.80. The Bertz CT molecular complexity index is 575. The molecule has 1 aromatic carbocycles. The molecule has 0 radical (unpaired) electrons. The molecule has 1 N–H and O–H groups in total. The highest BCUT2D eigenvalue weighted by Gasteiger charge is 2.21. The molecule has 5 heteroatoms. The largest absolute Gasteiger partial charge is 0.339 e. The molecule has 4 nitrogen and oxygen atoms in total. The standard InChI is InChI=1S/C16H19FN4/c17-15-7-2-1-5-13(15)11-20-14-6-3-10-21(12-14)16-18-8-4-9-19-16/h1-2,4-5,7-9,14,20H,3,6,10-12H2. The molecule has 1 atom stereocenters. The summed E-state index contributed by atoms with van der Waals surface area (Å²) < 4.78 is 13.6. The van der Waals surface area contributed by atoms with Crippen LogP contribution in [0.1, 0.15) is 18.4 Å². The predicted octanol–water partition coefficient (Wildman–Crippen LogP) is 2.37. The highest BCUT2D eigenvalue weighted by molar-refractivity contribution is 5.29. The highest BCUT2D eigenvalue weighted by atomic mass is 19.1. The normalized spacial score (nSPS) is 18.7. The Kier molecular flexibility index (Phi) is 4.40. The summed E-state index contributed by atoms with van der Waals surface area (Å²) in [6, 6.07) is 9.06. The fraction of sp³-hybridized carbons (Fsp3) is 0.375. The zero-order valence-electron chi connectivity index (χ0n) is 11.9. The zero-order chi connectivity index (χ0) is 14.5. The van der Waals surface area contributed by atoms with Crippen molar-refractivity contribution in [2.75, 3.05) is 18.0 Å². The number of nitrogens with one attached hydrogen (secondary N) is 1. The van der Waals surface area contributed by atoms with Gasteiger partial charge in [-0.1, -0.05) is 18.2 Å². The van der Waals surface area contributed by atoms with Gasteiger partial charge in [0, 0.05) is 43.6 Å². The smallest absolute Gasteiger partial charge is 0.225 e. The zero-order valence-corrected chi connectivity index (χ0v) is 11.9. The number of hydrogen-bond donors (Lipinski definition) is 1.